The standard InChI is InChI=1S/C14H15NO3/c1-2-18-14(17)7-8-15-9-11(10-16)12-5-3-4-6-13(12)15/h3-6,9-10H,2,7-8H2,1H3. The number of aromatic nitrogens is 1. The second-order valence-corrected chi connectivity index (χ2v) is 3.97. The topological polar surface area (TPSA) is 48.3 Å². The van der Waals surface area contributed by atoms with Crippen molar-refractivity contribution in [3.8, 4) is 0 Å². The second-order valence-electron chi connectivity index (χ2n) is 3.97. The number of carbonyl (C=O) groups is 2. The largest absolute Gasteiger partial charge is 0.466 e. The average Bonchev–Trinajstić information content (AvgIpc) is 2.75. The average molecular weight is 245 g/mol. The molecule has 0 fully saturated rings. The van der Waals surface area contributed by atoms with Crippen molar-refractivity contribution in [2.45, 2.75) is 19.9 Å². The van der Waals surface area contributed by atoms with E-state index in [1.165, 1.54) is 0 Å². The van der Waals surface area contributed by atoms with Crippen LogP contribution >= 0.6 is 0 Å². The Morgan fingerprint density at radius 2 is 2.17 bits per heavy atom. The summed E-state index contributed by atoms with van der Waals surface area (Å²) < 4.78 is 6.80. The molecule has 1 aromatic heterocycles. The van der Waals surface area contributed by atoms with Gasteiger partial charge in [0.15, 0.2) is 6.29 Å². The number of carbonyl (C=O) groups excluding carboxylic acids is 2. The van der Waals surface area contributed by atoms with Crippen molar-refractivity contribution in [3.63, 3.8) is 0 Å². The van der Waals surface area contributed by atoms with Crippen LogP contribution in [0.25, 0.3) is 10.9 Å². The maximum atomic E-state index is 11.3. The highest BCUT2D eigenvalue weighted by Crippen LogP contribution is 2.20. The van der Waals surface area contributed by atoms with E-state index in [9.17, 15) is 9.59 Å². The molecule has 0 saturated heterocycles. The van der Waals surface area contributed by atoms with Crippen LogP contribution in [-0.2, 0) is 16.1 Å². The molecule has 4 heteroatoms. The maximum Gasteiger partial charge on any atom is 0.307 e. The number of aryl methyl sites for hydroxylation is 1. The van der Waals surface area contributed by atoms with Gasteiger partial charge < -0.3 is 9.30 Å². The summed E-state index contributed by atoms with van der Waals surface area (Å²) >= 11 is 0. The van der Waals surface area contributed by atoms with Crippen molar-refractivity contribution in [3.05, 3.63) is 36.0 Å². The first-order valence-corrected chi connectivity index (χ1v) is 5.95. The molecule has 0 saturated carbocycles. The highest BCUT2D eigenvalue weighted by molar-refractivity contribution is 5.97. The summed E-state index contributed by atoms with van der Waals surface area (Å²) in [6.07, 6.45) is 2.92. The zero-order valence-corrected chi connectivity index (χ0v) is 10.3. The number of aldehydes is 1. The number of para-hydroxylation sites is 1. The minimum absolute atomic E-state index is 0.220. The van der Waals surface area contributed by atoms with Gasteiger partial charge in [-0.2, -0.15) is 0 Å². The normalized spacial score (nSPS) is 10.5. The van der Waals surface area contributed by atoms with Crippen LogP contribution in [0.3, 0.4) is 0 Å². The Labute approximate surface area is 105 Å². The third kappa shape index (κ3) is 2.42. The van der Waals surface area contributed by atoms with E-state index >= 15 is 0 Å². The Morgan fingerprint density at radius 3 is 2.89 bits per heavy atom. The Kier molecular flexibility index (Phi) is 3.77. The fraction of sp³-hybridized carbons (Fsp3) is 0.286. The van der Waals surface area contributed by atoms with Crippen LogP contribution in [0.1, 0.15) is 23.7 Å². The van der Waals surface area contributed by atoms with E-state index < -0.39 is 0 Å². The van der Waals surface area contributed by atoms with Crippen molar-refractivity contribution < 1.29 is 14.3 Å². The molecular weight excluding hydrogens is 230 g/mol. The molecule has 0 aliphatic heterocycles. The SMILES string of the molecule is CCOC(=O)CCn1cc(C=O)c2ccccc21. The van der Waals surface area contributed by atoms with Crippen LogP contribution in [0, 0.1) is 0 Å². The van der Waals surface area contributed by atoms with Crippen molar-refractivity contribution in [2.75, 3.05) is 6.61 Å². The lowest BCUT2D eigenvalue weighted by molar-refractivity contribution is -0.143. The molecule has 0 unspecified atom stereocenters. The molecule has 0 aliphatic rings. The summed E-state index contributed by atoms with van der Waals surface area (Å²) in [6, 6.07) is 7.65. The number of esters is 1. The molecule has 1 heterocycles. The first kappa shape index (κ1) is 12.4. The van der Waals surface area contributed by atoms with E-state index in [2.05, 4.69) is 0 Å². The van der Waals surface area contributed by atoms with Gasteiger partial charge in [0, 0.05) is 29.2 Å². The van der Waals surface area contributed by atoms with E-state index in [-0.39, 0.29) is 5.97 Å². The van der Waals surface area contributed by atoms with Crippen LogP contribution < -0.4 is 0 Å². The van der Waals surface area contributed by atoms with E-state index in [1.807, 2.05) is 28.8 Å². The summed E-state index contributed by atoms with van der Waals surface area (Å²) in [4.78, 5) is 22.3. The third-order valence-corrected chi connectivity index (χ3v) is 2.81. The lowest BCUT2D eigenvalue weighted by Gasteiger charge is -2.04. The monoisotopic (exact) mass is 245 g/mol. The van der Waals surface area contributed by atoms with Crippen molar-refractivity contribution in [2.24, 2.45) is 0 Å². The molecule has 0 amide bonds. The molecule has 2 rings (SSSR count). The molecule has 0 N–H and O–H groups in total. The zero-order valence-electron chi connectivity index (χ0n) is 10.3. The molecule has 2 aromatic rings. The molecule has 0 aliphatic carbocycles. The number of fused-ring (bicyclic) bond motifs is 1. The molecule has 4 nitrogen and oxygen atoms in total. The van der Waals surface area contributed by atoms with Crippen molar-refractivity contribution in [1.29, 1.82) is 0 Å². The quantitative estimate of drug-likeness (QED) is 0.600. The number of nitrogens with zero attached hydrogens (tertiary/aromatic N) is 1. The first-order valence-electron chi connectivity index (χ1n) is 5.95. The van der Waals surface area contributed by atoms with Gasteiger partial charge in [0.25, 0.3) is 0 Å². The van der Waals surface area contributed by atoms with Crippen LogP contribution in [-0.4, -0.2) is 23.4 Å². The van der Waals surface area contributed by atoms with Crippen molar-refractivity contribution >= 4 is 23.2 Å². The molecule has 0 atom stereocenters. The van der Waals surface area contributed by atoms with Gasteiger partial charge in [0.1, 0.15) is 0 Å². The fourth-order valence-electron chi connectivity index (χ4n) is 2.00. The fourth-order valence-corrected chi connectivity index (χ4v) is 2.00. The lowest BCUT2D eigenvalue weighted by Crippen LogP contribution is -2.08. The van der Waals surface area contributed by atoms with Gasteiger partial charge in [0.2, 0.25) is 0 Å². The van der Waals surface area contributed by atoms with E-state index in [0.29, 0.717) is 25.1 Å². The molecule has 94 valence electrons. The number of ether oxygens (including phenoxy) is 1. The van der Waals surface area contributed by atoms with Gasteiger partial charge in [0.05, 0.1) is 13.0 Å². The van der Waals surface area contributed by atoms with E-state index in [1.54, 1.807) is 13.1 Å². The summed E-state index contributed by atoms with van der Waals surface area (Å²) in [5.41, 5.74) is 1.61. The Balaban J connectivity index is 2.23. The molecular formula is C14H15NO3. The summed E-state index contributed by atoms with van der Waals surface area (Å²) in [7, 11) is 0. The van der Waals surface area contributed by atoms with Gasteiger partial charge in [-0.15, -0.1) is 0 Å². The van der Waals surface area contributed by atoms with Crippen molar-refractivity contribution in [1.82, 2.24) is 4.57 Å². The minimum atomic E-state index is -0.220. The molecule has 0 spiro atoms. The van der Waals surface area contributed by atoms with Crippen LogP contribution in [0.2, 0.25) is 0 Å². The van der Waals surface area contributed by atoms with Gasteiger partial charge >= 0.3 is 5.97 Å². The molecule has 0 bridgehead atoms. The van der Waals surface area contributed by atoms with Gasteiger partial charge in [-0.1, -0.05) is 18.2 Å². The summed E-state index contributed by atoms with van der Waals surface area (Å²) in [6.45, 7) is 2.70. The first-order chi connectivity index (χ1) is 8.76. The second kappa shape index (κ2) is 5.49. The highest BCUT2D eigenvalue weighted by Gasteiger charge is 2.08. The summed E-state index contributed by atoms with van der Waals surface area (Å²) in [5.74, 6) is -0.220. The van der Waals surface area contributed by atoms with Crippen LogP contribution in [0.15, 0.2) is 30.5 Å². The molecule has 0 radical (unpaired) electrons. The van der Waals surface area contributed by atoms with Gasteiger partial charge in [-0.3, -0.25) is 9.59 Å². The Hall–Kier alpha value is -2.10. The number of hydrogen-bond donors (Lipinski definition) is 0. The minimum Gasteiger partial charge on any atom is -0.466 e. The Bertz CT molecular complexity index is 571. The van der Waals surface area contributed by atoms with E-state index in [4.69, 9.17) is 4.74 Å². The zero-order chi connectivity index (χ0) is 13.0. The number of hydrogen-bond acceptors (Lipinski definition) is 3. The predicted molar refractivity (Wildman–Crippen MR) is 68.6 cm³/mol. The van der Waals surface area contributed by atoms with E-state index in [0.717, 1.165) is 17.2 Å². The van der Waals surface area contributed by atoms with Gasteiger partial charge in [-0.05, 0) is 13.0 Å². The van der Waals surface area contributed by atoms with Gasteiger partial charge in [-0.25, -0.2) is 0 Å². The summed E-state index contributed by atoms with van der Waals surface area (Å²) in [5, 5.41) is 0.913. The Morgan fingerprint density at radius 1 is 1.39 bits per heavy atom. The molecule has 18 heavy (non-hydrogen) atoms. The lowest BCUT2D eigenvalue weighted by atomic mass is 10.2. The van der Waals surface area contributed by atoms with Crippen LogP contribution in [0.5, 0.6) is 0 Å². The molecule has 1 aromatic carbocycles. The predicted octanol–water partition coefficient (Wildman–Crippen LogP) is 2.41. The number of benzene rings is 1. The van der Waals surface area contributed by atoms with Crippen LogP contribution in [0.4, 0.5) is 0 Å². The third-order valence-electron chi connectivity index (χ3n) is 2.81. The smallest absolute Gasteiger partial charge is 0.307 e. The number of rotatable bonds is 5. The highest BCUT2D eigenvalue weighted by atomic mass is 16.5. The maximum absolute atomic E-state index is 11.3.